The number of carbonyl (C=O) groups is 3. The Labute approximate surface area is 155 Å². The van der Waals surface area contributed by atoms with E-state index in [-0.39, 0.29) is 30.3 Å². The van der Waals surface area contributed by atoms with Gasteiger partial charge in [0.2, 0.25) is 11.8 Å². The summed E-state index contributed by atoms with van der Waals surface area (Å²) in [4.78, 5) is 41.2. The van der Waals surface area contributed by atoms with E-state index in [2.05, 4.69) is 15.6 Å². The van der Waals surface area contributed by atoms with Gasteiger partial charge in [-0.2, -0.15) is 4.98 Å². The Kier molecular flexibility index (Phi) is 4.53. The number of methoxy groups -OCH3 is 1. The number of rotatable bonds is 4. The molecule has 2 aliphatic heterocycles. The van der Waals surface area contributed by atoms with Crippen LogP contribution in [0.5, 0.6) is 0 Å². The van der Waals surface area contributed by atoms with Crippen LogP contribution >= 0.6 is 0 Å². The molecule has 2 saturated heterocycles. The number of hydrogen-bond acceptors (Lipinski definition) is 8. The van der Waals surface area contributed by atoms with Gasteiger partial charge in [-0.1, -0.05) is 0 Å². The number of carbonyl (C=O) groups excluding carboxylic acids is 3. The molecule has 0 radical (unpaired) electrons. The molecule has 142 valence electrons. The van der Waals surface area contributed by atoms with Gasteiger partial charge >= 0.3 is 5.97 Å². The third kappa shape index (κ3) is 3.50. The average Bonchev–Trinajstić information content (AvgIpc) is 3.22. The van der Waals surface area contributed by atoms with Crippen molar-refractivity contribution in [3.8, 4) is 0 Å². The molecule has 2 fully saturated rings. The Morgan fingerprint density at radius 1 is 1.33 bits per heavy atom. The second kappa shape index (κ2) is 6.99. The van der Waals surface area contributed by atoms with Crippen LogP contribution in [0.1, 0.15) is 29.6 Å². The summed E-state index contributed by atoms with van der Waals surface area (Å²) < 4.78 is 10.4. The third-order valence-electron chi connectivity index (χ3n) is 5.05. The fourth-order valence-corrected chi connectivity index (χ4v) is 3.60. The van der Waals surface area contributed by atoms with E-state index < -0.39 is 5.97 Å². The molecular weight excluding hydrogens is 352 g/mol. The van der Waals surface area contributed by atoms with E-state index in [0.29, 0.717) is 22.7 Å². The first kappa shape index (κ1) is 17.5. The molecule has 2 aliphatic rings. The molecule has 0 saturated carbocycles. The van der Waals surface area contributed by atoms with E-state index in [4.69, 9.17) is 9.15 Å². The lowest BCUT2D eigenvalue weighted by Gasteiger charge is -2.34. The van der Waals surface area contributed by atoms with Crippen molar-refractivity contribution in [2.75, 3.05) is 25.5 Å². The first-order chi connectivity index (χ1) is 13.0. The average molecular weight is 372 g/mol. The van der Waals surface area contributed by atoms with Crippen molar-refractivity contribution in [1.29, 1.82) is 0 Å². The number of nitrogens with one attached hydrogen (secondary N) is 2. The van der Waals surface area contributed by atoms with Gasteiger partial charge in [0.15, 0.2) is 5.58 Å². The number of benzene rings is 1. The highest BCUT2D eigenvalue weighted by Crippen LogP contribution is 2.24. The van der Waals surface area contributed by atoms with Crippen LogP contribution in [-0.2, 0) is 14.3 Å². The lowest BCUT2D eigenvalue weighted by atomic mass is 10.0. The molecule has 9 nitrogen and oxygen atoms in total. The van der Waals surface area contributed by atoms with Gasteiger partial charge in [0, 0.05) is 19.1 Å². The van der Waals surface area contributed by atoms with Crippen LogP contribution in [0.4, 0.5) is 6.01 Å². The van der Waals surface area contributed by atoms with Crippen LogP contribution < -0.4 is 10.6 Å². The Balaban J connectivity index is 1.38. The zero-order valence-corrected chi connectivity index (χ0v) is 14.9. The topological polar surface area (TPSA) is 114 Å². The number of anilines is 1. The number of fused-ring (bicyclic) bond motifs is 1. The largest absolute Gasteiger partial charge is 0.465 e. The molecule has 2 N–H and O–H groups in total. The Hall–Kier alpha value is -2.94. The number of aromatic nitrogens is 1. The van der Waals surface area contributed by atoms with Crippen molar-refractivity contribution in [2.24, 2.45) is 0 Å². The summed E-state index contributed by atoms with van der Waals surface area (Å²) in [6, 6.07) is 5.18. The minimum absolute atomic E-state index is 0.162. The zero-order chi connectivity index (χ0) is 19.0. The van der Waals surface area contributed by atoms with Crippen molar-refractivity contribution in [3.63, 3.8) is 0 Å². The van der Waals surface area contributed by atoms with Crippen LogP contribution in [0.2, 0.25) is 0 Å². The van der Waals surface area contributed by atoms with Crippen molar-refractivity contribution in [2.45, 2.75) is 31.3 Å². The second-order valence-electron chi connectivity index (χ2n) is 6.78. The highest BCUT2D eigenvalue weighted by atomic mass is 16.5. The number of oxazole rings is 1. The van der Waals surface area contributed by atoms with Gasteiger partial charge in [-0.05, 0) is 31.0 Å². The summed E-state index contributed by atoms with van der Waals surface area (Å²) in [5.74, 6) is -0.828. The number of amides is 2. The Bertz CT molecular complexity index is 900. The first-order valence-electron chi connectivity index (χ1n) is 8.86. The second-order valence-corrected chi connectivity index (χ2v) is 6.78. The van der Waals surface area contributed by atoms with Crippen LogP contribution in [0.15, 0.2) is 22.6 Å². The smallest absolute Gasteiger partial charge is 0.337 e. The molecule has 1 unspecified atom stereocenters. The monoisotopic (exact) mass is 372 g/mol. The van der Waals surface area contributed by atoms with Crippen LogP contribution in [0.3, 0.4) is 0 Å². The number of piperidine rings is 1. The molecule has 0 aliphatic carbocycles. The standard InChI is InChI=1S/C18H20N4O5/c1-26-17(25)10-2-3-14-12(8-10)20-18(27-14)19-11-4-6-22(7-5-11)13-9-15(23)21-16(13)24/h2-3,8,11,13H,4-7,9H2,1H3,(H,19,20)(H,21,23,24). The minimum atomic E-state index is -0.420. The van der Waals surface area contributed by atoms with Crippen molar-refractivity contribution < 1.29 is 23.5 Å². The number of ether oxygens (including phenoxy) is 1. The maximum Gasteiger partial charge on any atom is 0.337 e. The molecule has 0 spiro atoms. The Morgan fingerprint density at radius 2 is 2.11 bits per heavy atom. The SMILES string of the molecule is COC(=O)c1ccc2oc(NC3CCN(C4CC(=O)NC4=O)CC3)nc2c1. The fraction of sp³-hybridized carbons (Fsp3) is 0.444. The lowest BCUT2D eigenvalue weighted by molar-refractivity contribution is -0.126. The molecule has 0 bridgehead atoms. The van der Waals surface area contributed by atoms with Gasteiger partial charge in [-0.15, -0.1) is 0 Å². The van der Waals surface area contributed by atoms with E-state index in [9.17, 15) is 14.4 Å². The molecule has 1 atom stereocenters. The summed E-state index contributed by atoms with van der Waals surface area (Å²) in [5.41, 5.74) is 1.59. The molecule has 2 amide bonds. The normalized spacial score (nSPS) is 21.4. The molecular formula is C18H20N4O5. The minimum Gasteiger partial charge on any atom is -0.465 e. The van der Waals surface area contributed by atoms with Crippen molar-refractivity contribution in [1.82, 2.24) is 15.2 Å². The predicted octanol–water partition coefficient (Wildman–Crippen LogP) is 0.906. The highest BCUT2D eigenvalue weighted by molar-refractivity contribution is 6.05. The van der Waals surface area contributed by atoms with Gasteiger partial charge in [-0.3, -0.25) is 19.8 Å². The molecule has 9 heteroatoms. The van der Waals surface area contributed by atoms with E-state index in [1.807, 2.05) is 4.90 Å². The molecule has 1 aromatic carbocycles. The third-order valence-corrected chi connectivity index (χ3v) is 5.05. The quantitative estimate of drug-likeness (QED) is 0.601. The summed E-state index contributed by atoms with van der Waals surface area (Å²) >= 11 is 0. The van der Waals surface area contributed by atoms with Gasteiger partial charge in [0.1, 0.15) is 5.52 Å². The predicted molar refractivity (Wildman–Crippen MR) is 95.1 cm³/mol. The Morgan fingerprint density at radius 3 is 2.78 bits per heavy atom. The van der Waals surface area contributed by atoms with E-state index >= 15 is 0 Å². The molecule has 2 aromatic rings. The van der Waals surface area contributed by atoms with E-state index in [0.717, 1.165) is 25.9 Å². The van der Waals surface area contributed by atoms with Crippen molar-refractivity contribution >= 4 is 34.9 Å². The van der Waals surface area contributed by atoms with Gasteiger partial charge in [0.25, 0.3) is 6.01 Å². The lowest BCUT2D eigenvalue weighted by Crippen LogP contribution is -2.47. The molecule has 3 heterocycles. The number of likely N-dealkylation sites (tertiary alicyclic amines) is 1. The maximum absolute atomic E-state index is 11.8. The highest BCUT2D eigenvalue weighted by Gasteiger charge is 2.37. The number of hydrogen-bond donors (Lipinski definition) is 2. The van der Waals surface area contributed by atoms with Gasteiger partial charge < -0.3 is 14.5 Å². The van der Waals surface area contributed by atoms with E-state index in [1.165, 1.54) is 7.11 Å². The number of nitrogens with zero attached hydrogens (tertiary/aromatic N) is 2. The van der Waals surface area contributed by atoms with Gasteiger partial charge in [0.05, 0.1) is 25.1 Å². The summed E-state index contributed by atoms with van der Waals surface area (Å²) in [7, 11) is 1.33. The van der Waals surface area contributed by atoms with E-state index in [1.54, 1.807) is 18.2 Å². The number of esters is 1. The summed E-state index contributed by atoms with van der Waals surface area (Å²) in [5, 5.41) is 5.63. The summed E-state index contributed by atoms with van der Waals surface area (Å²) in [6.07, 6.45) is 1.86. The molecule has 27 heavy (non-hydrogen) atoms. The summed E-state index contributed by atoms with van der Waals surface area (Å²) in [6.45, 7) is 1.44. The first-order valence-corrected chi connectivity index (χ1v) is 8.86. The number of imide groups is 1. The fourth-order valence-electron chi connectivity index (χ4n) is 3.60. The molecule has 1 aromatic heterocycles. The van der Waals surface area contributed by atoms with Crippen molar-refractivity contribution in [3.05, 3.63) is 23.8 Å². The van der Waals surface area contributed by atoms with Crippen LogP contribution in [0.25, 0.3) is 11.1 Å². The van der Waals surface area contributed by atoms with Crippen LogP contribution in [-0.4, -0.2) is 60.0 Å². The maximum atomic E-state index is 11.8. The van der Waals surface area contributed by atoms with Gasteiger partial charge in [-0.25, -0.2) is 4.79 Å². The zero-order valence-electron chi connectivity index (χ0n) is 14.9. The van der Waals surface area contributed by atoms with Crippen LogP contribution in [0, 0.1) is 0 Å². The molecule has 4 rings (SSSR count).